The van der Waals surface area contributed by atoms with E-state index in [1.165, 1.54) is 29.3 Å². The van der Waals surface area contributed by atoms with Crippen LogP contribution in [0.1, 0.15) is 5.69 Å². The van der Waals surface area contributed by atoms with E-state index in [2.05, 4.69) is 9.97 Å². The van der Waals surface area contributed by atoms with E-state index in [-0.39, 0.29) is 5.56 Å². The van der Waals surface area contributed by atoms with Gasteiger partial charge in [-0.05, 0) is 13.0 Å². The van der Waals surface area contributed by atoms with Crippen LogP contribution >= 0.6 is 11.3 Å². The lowest BCUT2D eigenvalue weighted by atomic mass is 10.2. The Bertz CT molecular complexity index is 870. The van der Waals surface area contributed by atoms with Gasteiger partial charge in [-0.15, -0.1) is 11.3 Å². The average Bonchev–Trinajstić information content (AvgIpc) is 2.92. The second-order valence-electron chi connectivity index (χ2n) is 4.42. The Morgan fingerprint density at radius 3 is 2.52 bits per heavy atom. The van der Waals surface area contributed by atoms with Crippen LogP contribution in [0, 0.1) is 6.92 Å². The maximum atomic E-state index is 12.6. The summed E-state index contributed by atoms with van der Waals surface area (Å²) >= 11 is 1.40. The fourth-order valence-corrected chi connectivity index (χ4v) is 2.81. The van der Waals surface area contributed by atoms with Gasteiger partial charge in [0.2, 0.25) is 0 Å². The molecule has 2 heterocycles. The normalized spacial score (nSPS) is 10.8. The van der Waals surface area contributed by atoms with Crippen molar-refractivity contribution in [2.45, 2.75) is 6.92 Å². The van der Waals surface area contributed by atoms with Crippen LogP contribution in [0.3, 0.4) is 0 Å². The molecule has 0 radical (unpaired) electrons. The van der Waals surface area contributed by atoms with Gasteiger partial charge in [0.1, 0.15) is 6.33 Å². The molecule has 0 saturated carbocycles. The zero-order valence-electron chi connectivity index (χ0n) is 11.8. The molecule has 7 heteroatoms. The summed E-state index contributed by atoms with van der Waals surface area (Å²) in [6, 6.07) is 3.33. The van der Waals surface area contributed by atoms with Gasteiger partial charge in [-0.2, -0.15) is 0 Å². The quantitative estimate of drug-likeness (QED) is 0.742. The molecule has 3 aromatic rings. The number of nitrogens with zero attached hydrogens (tertiary/aromatic N) is 3. The first-order valence-corrected chi connectivity index (χ1v) is 7.08. The van der Waals surface area contributed by atoms with Crippen molar-refractivity contribution in [1.82, 2.24) is 14.5 Å². The lowest BCUT2D eigenvalue weighted by Crippen LogP contribution is -2.18. The van der Waals surface area contributed by atoms with Crippen molar-refractivity contribution < 1.29 is 9.47 Å². The van der Waals surface area contributed by atoms with E-state index in [0.717, 1.165) is 5.69 Å². The minimum absolute atomic E-state index is 0.185. The van der Waals surface area contributed by atoms with Crippen molar-refractivity contribution in [3.05, 3.63) is 39.9 Å². The van der Waals surface area contributed by atoms with Crippen LogP contribution in [-0.4, -0.2) is 28.8 Å². The number of fused-ring (bicyclic) bond motifs is 1. The number of benzene rings is 1. The molecule has 0 spiro atoms. The number of aryl methyl sites for hydroxylation is 1. The number of ether oxygens (including phenoxy) is 2. The number of thiazole rings is 1. The van der Waals surface area contributed by atoms with E-state index in [0.29, 0.717) is 27.5 Å². The van der Waals surface area contributed by atoms with Gasteiger partial charge in [0.05, 0.1) is 30.8 Å². The third-order valence-electron chi connectivity index (χ3n) is 3.08. The summed E-state index contributed by atoms with van der Waals surface area (Å²) in [6.07, 6.45) is 1.48. The molecule has 0 unspecified atom stereocenters. The van der Waals surface area contributed by atoms with Gasteiger partial charge >= 0.3 is 0 Å². The molecule has 0 atom stereocenters. The van der Waals surface area contributed by atoms with E-state index in [1.54, 1.807) is 19.2 Å². The molecule has 0 saturated heterocycles. The summed E-state index contributed by atoms with van der Waals surface area (Å²) in [5, 5.41) is 2.95. The maximum Gasteiger partial charge on any atom is 0.267 e. The molecule has 21 heavy (non-hydrogen) atoms. The van der Waals surface area contributed by atoms with Crippen molar-refractivity contribution >= 4 is 22.2 Å². The molecule has 6 nitrogen and oxygen atoms in total. The van der Waals surface area contributed by atoms with Crippen LogP contribution in [0.4, 0.5) is 0 Å². The predicted molar refractivity (Wildman–Crippen MR) is 80.9 cm³/mol. The zero-order valence-corrected chi connectivity index (χ0v) is 12.6. The van der Waals surface area contributed by atoms with E-state index in [4.69, 9.17) is 9.47 Å². The topological polar surface area (TPSA) is 66.2 Å². The van der Waals surface area contributed by atoms with Gasteiger partial charge in [0, 0.05) is 11.4 Å². The second kappa shape index (κ2) is 5.17. The number of hydrogen-bond donors (Lipinski definition) is 0. The molecule has 3 rings (SSSR count). The Morgan fingerprint density at radius 2 is 1.90 bits per heavy atom. The van der Waals surface area contributed by atoms with E-state index >= 15 is 0 Å². The second-order valence-corrected chi connectivity index (χ2v) is 5.25. The van der Waals surface area contributed by atoms with Crippen LogP contribution in [-0.2, 0) is 0 Å². The van der Waals surface area contributed by atoms with Gasteiger partial charge in [-0.3, -0.25) is 4.79 Å². The molecule has 0 fully saturated rings. The first-order chi connectivity index (χ1) is 10.1. The van der Waals surface area contributed by atoms with Crippen LogP contribution in [0.5, 0.6) is 11.5 Å². The largest absolute Gasteiger partial charge is 0.493 e. The number of methoxy groups -OCH3 is 2. The van der Waals surface area contributed by atoms with Gasteiger partial charge in [0.15, 0.2) is 16.6 Å². The monoisotopic (exact) mass is 303 g/mol. The van der Waals surface area contributed by atoms with Gasteiger partial charge < -0.3 is 9.47 Å². The predicted octanol–water partition coefficient (Wildman–Crippen LogP) is 2.17. The Balaban J connectivity index is 2.27. The summed E-state index contributed by atoms with van der Waals surface area (Å²) in [4.78, 5) is 21.2. The van der Waals surface area contributed by atoms with Gasteiger partial charge in [0.25, 0.3) is 5.56 Å². The van der Waals surface area contributed by atoms with Crippen LogP contribution in [0.15, 0.2) is 28.6 Å². The third-order valence-corrected chi connectivity index (χ3v) is 4.03. The molecule has 0 aliphatic carbocycles. The molecule has 0 aliphatic heterocycles. The molecule has 0 bridgehead atoms. The third kappa shape index (κ3) is 2.25. The molecule has 1 aromatic carbocycles. The average molecular weight is 303 g/mol. The number of rotatable bonds is 3. The molecule has 108 valence electrons. The maximum absolute atomic E-state index is 12.6. The summed E-state index contributed by atoms with van der Waals surface area (Å²) in [6.45, 7) is 1.88. The number of aromatic nitrogens is 3. The Morgan fingerprint density at radius 1 is 1.19 bits per heavy atom. The first kappa shape index (κ1) is 13.6. The molecule has 0 amide bonds. The van der Waals surface area contributed by atoms with Crippen LogP contribution in [0.25, 0.3) is 16.0 Å². The van der Waals surface area contributed by atoms with Crippen molar-refractivity contribution in [3.63, 3.8) is 0 Å². The minimum Gasteiger partial charge on any atom is -0.493 e. The Kier molecular flexibility index (Phi) is 3.34. The molecular formula is C14H13N3O3S. The van der Waals surface area contributed by atoms with E-state index < -0.39 is 0 Å². The fraction of sp³-hybridized carbons (Fsp3) is 0.214. The summed E-state index contributed by atoms with van der Waals surface area (Å²) in [5.41, 5.74) is 1.24. The smallest absolute Gasteiger partial charge is 0.267 e. The van der Waals surface area contributed by atoms with E-state index in [1.807, 2.05) is 12.3 Å². The van der Waals surface area contributed by atoms with Crippen molar-refractivity contribution in [2.24, 2.45) is 0 Å². The van der Waals surface area contributed by atoms with Crippen molar-refractivity contribution in [1.29, 1.82) is 0 Å². The molecule has 2 aromatic heterocycles. The van der Waals surface area contributed by atoms with Gasteiger partial charge in [-0.25, -0.2) is 14.5 Å². The fourth-order valence-electron chi connectivity index (χ4n) is 2.04. The zero-order chi connectivity index (χ0) is 15.0. The van der Waals surface area contributed by atoms with Crippen molar-refractivity contribution in [2.75, 3.05) is 14.2 Å². The molecular weight excluding hydrogens is 290 g/mol. The summed E-state index contributed by atoms with van der Waals surface area (Å²) in [7, 11) is 3.08. The summed E-state index contributed by atoms with van der Waals surface area (Å²) in [5.74, 6) is 1.04. The first-order valence-electron chi connectivity index (χ1n) is 6.20. The highest BCUT2D eigenvalue weighted by Gasteiger charge is 2.13. The lowest BCUT2D eigenvalue weighted by molar-refractivity contribution is 0.355. The Labute approximate surface area is 124 Å². The molecule has 0 aliphatic rings. The highest BCUT2D eigenvalue weighted by molar-refractivity contribution is 7.12. The molecule has 0 N–H and O–H groups in total. The minimum atomic E-state index is -0.185. The van der Waals surface area contributed by atoms with Crippen LogP contribution < -0.4 is 15.0 Å². The summed E-state index contributed by atoms with van der Waals surface area (Å²) < 4.78 is 11.9. The SMILES string of the molecule is COc1cc2ncn(-c3nc(C)cs3)c(=O)c2cc1OC. The number of hydrogen-bond acceptors (Lipinski definition) is 6. The highest BCUT2D eigenvalue weighted by atomic mass is 32.1. The van der Waals surface area contributed by atoms with E-state index in [9.17, 15) is 4.79 Å². The standard InChI is InChI=1S/C14H13N3O3S/c1-8-6-21-14(16-8)17-7-15-10-5-12(20-3)11(19-2)4-9(10)13(17)18/h4-7H,1-3H3. The Hall–Kier alpha value is -2.41. The lowest BCUT2D eigenvalue weighted by Gasteiger charge is -2.09. The van der Waals surface area contributed by atoms with Crippen molar-refractivity contribution in [3.8, 4) is 16.6 Å². The van der Waals surface area contributed by atoms with Crippen LogP contribution in [0.2, 0.25) is 0 Å². The highest BCUT2D eigenvalue weighted by Crippen LogP contribution is 2.30. The van der Waals surface area contributed by atoms with Gasteiger partial charge in [-0.1, -0.05) is 0 Å².